The predicted octanol–water partition coefficient (Wildman–Crippen LogP) is 1.79. The lowest BCUT2D eigenvalue weighted by molar-refractivity contribution is 1.33. The molecule has 0 aliphatic heterocycles. The van der Waals surface area contributed by atoms with Crippen molar-refractivity contribution in [3.05, 3.63) is 35.9 Å². The van der Waals surface area contributed by atoms with E-state index in [0.29, 0.717) is 0 Å². The zero-order valence-electron chi connectivity index (χ0n) is 6.51. The molecule has 1 aromatic carbocycles. The minimum atomic E-state index is 0.223. The van der Waals surface area contributed by atoms with Crippen molar-refractivity contribution < 1.29 is 0 Å². The third kappa shape index (κ3) is 2.36. The van der Waals surface area contributed by atoms with Crippen LogP contribution in [0.3, 0.4) is 0 Å². The van der Waals surface area contributed by atoms with Crippen LogP contribution in [-0.4, -0.2) is 9.52 Å². The molecule has 0 saturated heterocycles. The smallest absolute Gasteiger partial charge is 0.0245 e. The molecule has 0 spiro atoms. The van der Waals surface area contributed by atoms with Gasteiger partial charge < -0.3 is 0 Å². The summed E-state index contributed by atoms with van der Waals surface area (Å²) in [4.78, 5) is 0. The first-order valence-electron chi connectivity index (χ1n) is 3.97. The summed E-state index contributed by atoms with van der Waals surface area (Å²) >= 11 is 0. The first kappa shape index (κ1) is 7.54. The van der Waals surface area contributed by atoms with E-state index in [1.54, 1.807) is 0 Å². The Kier molecular flexibility index (Phi) is 3.23. The second kappa shape index (κ2) is 4.28. The molecule has 0 aliphatic carbocycles. The van der Waals surface area contributed by atoms with Crippen molar-refractivity contribution in [1.82, 2.24) is 0 Å². The van der Waals surface area contributed by atoms with Crippen molar-refractivity contribution in [2.24, 2.45) is 0 Å². The summed E-state index contributed by atoms with van der Waals surface area (Å²) in [6, 6.07) is 13.6. The average Bonchev–Trinajstić information content (AvgIpc) is 2.03. The summed E-state index contributed by atoms with van der Waals surface area (Å²) in [7, 11) is 0.223. The van der Waals surface area contributed by atoms with Crippen molar-refractivity contribution >= 4 is 9.52 Å². The molecule has 10 heavy (non-hydrogen) atoms. The molecule has 0 aromatic heterocycles. The zero-order valence-corrected chi connectivity index (χ0v) is 7.92. The van der Waals surface area contributed by atoms with Gasteiger partial charge in [-0.3, -0.25) is 0 Å². The van der Waals surface area contributed by atoms with E-state index in [-0.39, 0.29) is 9.52 Å². The van der Waals surface area contributed by atoms with Crippen LogP contribution >= 0.6 is 0 Å². The van der Waals surface area contributed by atoms with Crippen LogP contribution < -0.4 is 0 Å². The molecule has 54 valence electrons. The van der Waals surface area contributed by atoms with E-state index in [1.807, 2.05) is 0 Å². The third-order valence-corrected chi connectivity index (χ3v) is 3.30. The number of hydrogen-bond donors (Lipinski definition) is 0. The van der Waals surface area contributed by atoms with Gasteiger partial charge in [0.2, 0.25) is 0 Å². The molecule has 1 heteroatoms. The molecule has 0 heterocycles. The van der Waals surface area contributed by atoms with Crippen LogP contribution in [0, 0.1) is 0 Å². The monoisotopic (exact) mass is 150 g/mol. The summed E-state index contributed by atoms with van der Waals surface area (Å²) in [5, 5.41) is 0. The molecular formula is C9H14Si. The zero-order chi connectivity index (χ0) is 7.23. The van der Waals surface area contributed by atoms with Gasteiger partial charge in [0.25, 0.3) is 0 Å². The van der Waals surface area contributed by atoms with Crippen LogP contribution in [0.2, 0.25) is 6.04 Å². The van der Waals surface area contributed by atoms with Crippen LogP contribution in [0.25, 0.3) is 0 Å². The van der Waals surface area contributed by atoms with Crippen LogP contribution in [0.1, 0.15) is 12.5 Å². The molecule has 0 aliphatic rings. The maximum absolute atomic E-state index is 2.29. The second-order valence-corrected chi connectivity index (χ2v) is 4.80. The Labute approximate surface area is 65.1 Å². The molecule has 1 rings (SSSR count). The summed E-state index contributed by atoms with van der Waals surface area (Å²) in [6.45, 7) is 2.29. The lowest BCUT2D eigenvalue weighted by Crippen LogP contribution is -1.92. The molecule has 0 atom stereocenters. The first-order valence-corrected chi connectivity index (χ1v) is 5.97. The molecule has 1 aromatic rings. The van der Waals surface area contributed by atoms with E-state index in [9.17, 15) is 0 Å². The highest BCUT2D eigenvalue weighted by Gasteiger charge is 1.88. The molecule has 0 bridgehead atoms. The van der Waals surface area contributed by atoms with Gasteiger partial charge in [0.15, 0.2) is 0 Å². The fraction of sp³-hybridized carbons (Fsp3) is 0.333. The fourth-order valence-electron chi connectivity index (χ4n) is 1.03. The quantitative estimate of drug-likeness (QED) is 0.576. The van der Waals surface area contributed by atoms with E-state index in [4.69, 9.17) is 0 Å². The number of hydrogen-bond acceptors (Lipinski definition) is 0. The number of rotatable bonds is 3. The fourth-order valence-corrected chi connectivity index (χ4v) is 2.12. The molecule has 0 N–H and O–H groups in total. The SMILES string of the molecule is CC[SiH2]Cc1ccccc1. The van der Waals surface area contributed by atoms with Gasteiger partial charge in [-0.05, 0) is 6.04 Å². The largest absolute Gasteiger partial charge is 0.0683 e. The predicted molar refractivity (Wildman–Crippen MR) is 49.2 cm³/mol. The molecule has 0 unspecified atom stereocenters. The van der Waals surface area contributed by atoms with E-state index in [2.05, 4.69) is 37.3 Å². The van der Waals surface area contributed by atoms with Crippen molar-refractivity contribution in [2.45, 2.75) is 19.0 Å². The Bertz CT molecular complexity index is 169. The van der Waals surface area contributed by atoms with Crippen LogP contribution in [-0.2, 0) is 6.04 Å². The lowest BCUT2D eigenvalue weighted by Gasteiger charge is -1.95. The van der Waals surface area contributed by atoms with Gasteiger partial charge in [-0.1, -0.05) is 48.9 Å². The van der Waals surface area contributed by atoms with Crippen LogP contribution in [0.15, 0.2) is 30.3 Å². The summed E-state index contributed by atoms with van der Waals surface area (Å²) in [5.74, 6) is 0. The molecule has 0 fully saturated rings. The maximum atomic E-state index is 2.29. The second-order valence-electron chi connectivity index (χ2n) is 2.59. The Balaban J connectivity index is 2.43. The third-order valence-electron chi connectivity index (χ3n) is 1.66. The van der Waals surface area contributed by atoms with Crippen molar-refractivity contribution in [3.8, 4) is 0 Å². The topological polar surface area (TPSA) is 0 Å². The van der Waals surface area contributed by atoms with Crippen molar-refractivity contribution in [1.29, 1.82) is 0 Å². The standard InChI is InChI=1S/C9H14Si/c1-2-10-8-9-6-4-3-5-7-9/h3-7H,2,8,10H2,1H3. The van der Waals surface area contributed by atoms with Gasteiger partial charge in [-0.25, -0.2) is 0 Å². The van der Waals surface area contributed by atoms with E-state index >= 15 is 0 Å². The van der Waals surface area contributed by atoms with Crippen LogP contribution in [0.4, 0.5) is 0 Å². The maximum Gasteiger partial charge on any atom is 0.0245 e. The van der Waals surface area contributed by atoms with Gasteiger partial charge in [0, 0.05) is 9.52 Å². The minimum absolute atomic E-state index is 0.223. The van der Waals surface area contributed by atoms with Crippen LogP contribution in [0.5, 0.6) is 0 Å². The van der Waals surface area contributed by atoms with Crippen molar-refractivity contribution in [3.63, 3.8) is 0 Å². The first-order chi connectivity index (χ1) is 4.93. The summed E-state index contributed by atoms with van der Waals surface area (Å²) in [6.07, 6.45) is 0. The molecule has 0 amide bonds. The molecule has 0 nitrogen and oxygen atoms in total. The normalized spacial score (nSPS) is 10.9. The average molecular weight is 150 g/mol. The van der Waals surface area contributed by atoms with Gasteiger partial charge in [0.1, 0.15) is 0 Å². The van der Waals surface area contributed by atoms with E-state index < -0.39 is 0 Å². The van der Waals surface area contributed by atoms with Gasteiger partial charge >= 0.3 is 0 Å². The van der Waals surface area contributed by atoms with E-state index in [0.717, 1.165) is 0 Å². The van der Waals surface area contributed by atoms with E-state index in [1.165, 1.54) is 17.7 Å². The van der Waals surface area contributed by atoms with Crippen molar-refractivity contribution in [2.75, 3.05) is 0 Å². The summed E-state index contributed by atoms with van der Waals surface area (Å²) in [5.41, 5.74) is 1.52. The van der Waals surface area contributed by atoms with Gasteiger partial charge in [-0.15, -0.1) is 0 Å². The molecule has 0 radical (unpaired) electrons. The Morgan fingerprint density at radius 3 is 2.50 bits per heavy atom. The lowest BCUT2D eigenvalue weighted by atomic mass is 10.2. The molecular weight excluding hydrogens is 136 g/mol. The Hall–Kier alpha value is -0.563. The Morgan fingerprint density at radius 2 is 1.90 bits per heavy atom. The summed E-state index contributed by atoms with van der Waals surface area (Å²) < 4.78 is 0. The highest BCUT2D eigenvalue weighted by atomic mass is 28.2. The van der Waals surface area contributed by atoms with Gasteiger partial charge in [0.05, 0.1) is 0 Å². The number of benzene rings is 1. The Morgan fingerprint density at radius 1 is 1.20 bits per heavy atom. The molecule has 0 saturated carbocycles. The minimum Gasteiger partial charge on any atom is -0.0683 e. The van der Waals surface area contributed by atoms with Gasteiger partial charge in [-0.2, -0.15) is 0 Å². The highest BCUT2D eigenvalue weighted by molar-refractivity contribution is 6.34. The highest BCUT2D eigenvalue weighted by Crippen LogP contribution is 1.98.